The number of hydrogen-bond donors (Lipinski definition) is 1. The summed E-state index contributed by atoms with van der Waals surface area (Å²) in [6.45, 7) is 1.79. The molecular weight excluding hydrogens is 318 g/mol. The summed E-state index contributed by atoms with van der Waals surface area (Å²) in [6, 6.07) is 19.4. The maximum absolute atomic E-state index is 12.1. The molecule has 0 aliphatic heterocycles. The van der Waals surface area contributed by atoms with Crippen LogP contribution in [0.25, 0.3) is 10.8 Å². The smallest absolute Gasteiger partial charge is 0.267 e. The number of nitro benzene ring substituents is 1. The lowest BCUT2D eigenvalue weighted by Gasteiger charge is -2.05. The number of amides is 1. The van der Waals surface area contributed by atoms with Crippen LogP contribution in [-0.4, -0.2) is 16.5 Å². The first kappa shape index (κ1) is 16.3. The summed E-state index contributed by atoms with van der Waals surface area (Å²) >= 11 is 0. The highest BCUT2D eigenvalue weighted by molar-refractivity contribution is 6.03. The zero-order valence-electron chi connectivity index (χ0n) is 13.5. The summed E-state index contributed by atoms with van der Waals surface area (Å²) in [5.74, 6) is -0.496. The third-order valence-electron chi connectivity index (χ3n) is 3.81. The molecule has 0 radical (unpaired) electrons. The summed E-state index contributed by atoms with van der Waals surface area (Å²) in [5, 5.41) is 17.1. The number of nitrogens with one attached hydrogen (secondary N) is 1. The van der Waals surface area contributed by atoms with Gasteiger partial charge in [-0.05, 0) is 35.4 Å². The van der Waals surface area contributed by atoms with Crippen molar-refractivity contribution < 1.29 is 9.72 Å². The first-order valence-electron chi connectivity index (χ1n) is 7.63. The highest BCUT2D eigenvalue weighted by atomic mass is 16.6. The van der Waals surface area contributed by atoms with Crippen LogP contribution in [0.4, 0.5) is 5.69 Å². The van der Waals surface area contributed by atoms with Gasteiger partial charge in [-0.3, -0.25) is 14.9 Å². The van der Waals surface area contributed by atoms with Crippen LogP contribution in [0, 0.1) is 10.1 Å². The fraction of sp³-hybridized carbons (Fsp3) is 0.0526. The topological polar surface area (TPSA) is 84.6 Å². The number of carbonyl (C=O) groups excluding carboxylic acids is 1. The van der Waals surface area contributed by atoms with Crippen LogP contribution >= 0.6 is 0 Å². The minimum atomic E-state index is -0.541. The van der Waals surface area contributed by atoms with Crippen molar-refractivity contribution in [3.8, 4) is 0 Å². The number of rotatable bonds is 4. The minimum absolute atomic E-state index is 0.136. The van der Waals surface area contributed by atoms with Gasteiger partial charge in [-0.15, -0.1) is 0 Å². The maximum Gasteiger partial charge on any atom is 0.271 e. The van der Waals surface area contributed by atoms with Crippen molar-refractivity contribution in [3.63, 3.8) is 0 Å². The lowest BCUT2D eigenvalue weighted by molar-refractivity contribution is -0.384. The third kappa shape index (κ3) is 3.69. The maximum atomic E-state index is 12.1. The Kier molecular flexibility index (Phi) is 4.52. The van der Waals surface area contributed by atoms with Crippen molar-refractivity contribution in [2.75, 3.05) is 0 Å². The van der Waals surface area contributed by atoms with E-state index >= 15 is 0 Å². The van der Waals surface area contributed by atoms with Gasteiger partial charge < -0.3 is 0 Å². The Morgan fingerprint density at radius 1 is 0.960 bits per heavy atom. The van der Waals surface area contributed by atoms with Gasteiger partial charge in [0.2, 0.25) is 0 Å². The first-order valence-corrected chi connectivity index (χ1v) is 7.63. The Morgan fingerprint density at radius 2 is 1.72 bits per heavy atom. The Bertz CT molecular complexity index is 996. The van der Waals surface area contributed by atoms with Gasteiger partial charge in [0.25, 0.3) is 11.6 Å². The van der Waals surface area contributed by atoms with E-state index in [1.165, 1.54) is 24.3 Å². The molecule has 0 heterocycles. The van der Waals surface area contributed by atoms with Crippen LogP contribution < -0.4 is 5.43 Å². The highest BCUT2D eigenvalue weighted by Gasteiger charge is 2.11. The number of nitrogens with zero attached hydrogens (tertiary/aromatic N) is 2. The lowest BCUT2D eigenvalue weighted by Crippen LogP contribution is -2.19. The van der Waals surface area contributed by atoms with Crippen molar-refractivity contribution in [2.24, 2.45) is 5.10 Å². The van der Waals surface area contributed by atoms with Gasteiger partial charge in [0, 0.05) is 17.7 Å². The van der Waals surface area contributed by atoms with Crippen molar-refractivity contribution in [2.45, 2.75) is 6.92 Å². The summed E-state index contributed by atoms with van der Waals surface area (Å²) in [6.07, 6.45) is 0. The van der Waals surface area contributed by atoms with E-state index in [1.807, 2.05) is 42.5 Å². The molecule has 0 fully saturated rings. The molecule has 3 aromatic rings. The molecule has 0 aromatic heterocycles. The van der Waals surface area contributed by atoms with Gasteiger partial charge in [-0.25, -0.2) is 5.43 Å². The van der Waals surface area contributed by atoms with Crippen LogP contribution in [0.15, 0.2) is 71.8 Å². The summed E-state index contributed by atoms with van der Waals surface area (Å²) in [7, 11) is 0. The zero-order chi connectivity index (χ0) is 17.8. The second-order valence-corrected chi connectivity index (χ2v) is 5.51. The molecule has 3 aromatic carbocycles. The average molecular weight is 333 g/mol. The van der Waals surface area contributed by atoms with Crippen molar-refractivity contribution in [1.29, 1.82) is 0 Å². The standard InChI is InChI=1S/C19H15N3O3/c1-13(15-10-9-14-5-2-3-6-16(14)11-15)20-21-19(23)17-7-4-8-18(12-17)22(24)25/h2-12H,1H3,(H,21,23). The van der Waals surface area contributed by atoms with Crippen molar-refractivity contribution >= 4 is 28.1 Å². The molecule has 1 amide bonds. The number of carbonyl (C=O) groups is 1. The number of hydrazone groups is 1. The summed E-state index contributed by atoms with van der Waals surface area (Å²) < 4.78 is 0. The monoisotopic (exact) mass is 333 g/mol. The second-order valence-electron chi connectivity index (χ2n) is 5.51. The second kappa shape index (κ2) is 6.92. The van der Waals surface area contributed by atoms with Crippen LogP contribution in [0.5, 0.6) is 0 Å². The first-order chi connectivity index (χ1) is 12.0. The molecule has 124 valence electrons. The van der Waals surface area contributed by atoms with E-state index in [0.29, 0.717) is 5.71 Å². The van der Waals surface area contributed by atoms with Gasteiger partial charge in [0.15, 0.2) is 0 Å². The molecule has 0 unspecified atom stereocenters. The van der Waals surface area contributed by atoms with Crippen LogP contribution in [0.2, 0.25) is 0 Å². The van der Waals surface area contributed by atoms with Crippen LogP contribution in [-0.2, 0) is 0 Å². The van der Waals surface area contributed by atoms with E-state index in [-0.39, 0.29) is 11.3 Å². The largest absolute Gasteiger partial charge is 0.271 e. The fourth-order valence-corrected chi connectivity index (χ4v) is 2.44. The van der Waals surface area contributed by atoms with Gasteiger partial charge in [-0.1, -0.05) is 42.5 Å². The predicted octanol–water partition coefficient (Wildman–Crippen LogP) is 3.90. The Balaban J connectivity index is 1.79. The fourth-order valence-electron chi connectivity index (χ4n) is 2.44. The van der Waals surface area contributed by atoms with E-state index in [2.05, 4.69) is 10.5 Å². The quantitative estimate of drug-likeness (QED) is 0.446. The van der Waals surface area contributed by atoms with Crippen LogP contribution in [0.1, 0.15) is 22.8 Å². The average Bonchev–Trinajstić information content (AvgIpc) is 2.65. The molecule has 0 bridgehead atoms. The summed E-state index contributed by atoms with van der Waals surface area (Å²) in [4.78, 5) is 22.4. The van der Waals surface area contributed by atoms with E-state index in [9.17, 15) is 14.9 Å². The normalized spacial score (nSPS) is 11.3. The Labute approximate surface area is 143 Å². The van der Waals surface area contributed by atoms with Crippen molar-refractivity contribution in [1.82, 2.24) is 5.43 Å². The lowest BCUT2D eigenvalue weighted by atomic mass is 10.0. The van der Waals surface area contributed by atoms with E-state index in [4.69, 9.17) is 0 Å². The molecule has 3 rings (SSSR count). The number of non-ortho nitro benzene ring substituents is 1. The molecule has 25 heavy (non-hydrogen) atoms. The Hall–Kier alpha value is -3.54. The van der Waals surface area contributed by atoms with Gasteiger partial charge in [0.05, 0.1) is 10.6 Å². The molecule has 0 aliphatic rings. The highest BCUT2D eigenvalue weighted by Crippen LogP contribution is 2.16. The molecule has 0 atom stereocenters. The number of benzene rings is 3. The molecule has 0 spiro atoms. The number of fused-ring (bicyclic) bond motifs is 1. The van der Waals surface area contributed by atoms with E-state index in [1.54, 1.807) is 6.92 Å². The third-order valence-corrected chi connectivity index (χ3v) is 3.81. The molecule has 6 nitrogen and oxygen atoms in total. The van der Waals surface area contributed by atoms with Crippen molar-refractivity contribution in [3.05, 3.63) is 88.0 Å². The van der Waals surface area contributed by atoms with E-state index < -0.39 is 10.8 Å². The van der Waals surface area contributed by atoms with Gasteiger partial charge in [0.1, 0.15) is 0 Å². The molecular formula is C19H15N3O3. The number of hydrogen-bond acceptors (Lipinski definition) is 4. The molecule has 0 aliphatic carbocycles. The predicted molar refractivity (Wildman–Crippen MR) is 96.7 cm³/mol. The Morgan fingerprint density at radius 3 is 2.48 bits per heavy atom. The summed E-state index contributed by atoms with van der Waals surface area (Å²) in [5.41, 5.74) is 4.02. The SMILES string of the molecule is CC(=NNC(=O)c1cccc([N+](=O)[O-])c1)c1ccc2ccccc2c1. The zero-order valence-corrected chi connectivity index (χ0v) is 13.5. The molecule has 0 saturated heterocycles. The van der Waals surface area contributed by atoms with Gasteiger partial charge in [-0.2, -0.15) is 5.10 Å². The van der Waals surface area contributed by atoms with Gasteiger partial charge >= 0.3 is 0 Å². The number of nitro groups is 1. The van der Waals surface area contributed by atoms with Crippen LogP contribution in [0.3, 0.4) is 0 Å². The molecule has 1 N–H and O–H groups in total. The minimum Gasteiger partial charge on any atom is -0.267 e. The molecule has 6 heteroatoms. The van der Waals surface area contributed by atoms with E-state index in [0.717, 1.165) is 16.3 Å². The molecule has 0 saturated carbocycles.